The molecule has 1 aliphatic carbocycles. The largest absolute Gasteiger partial charge is 0.381 e. The molecule has 0 aromatic carbocycles. The van der Waals surface area contributed by atoms with Gasteiger partial charge in [-0.1, -0.05) is 11.6 Å². The number of hydrogen-bond donors (Lipinski definition) is 0. The highest BCUT2D eigenvalue weighted by molar-refractivity contribution is 7.15. The van der Waals surface area contributed by atoms with Crippen molar-refractivity contribution in [2.45, 2.75) is 44.5 Å². The lowest BCUT2D eigenvalue weighted by atomic mass is 9.95. The molecule has 2 unspecified atom stereocenters. The minimum absolute atomic E-state index is 0.319. The van der Waals surface area contributed by atoms with E-state index in [-0.39, 0.29) is 0 Å². The van der Waals surface area contributed by atoms with Gasteiger partial charge in [-0.2, -0.15) is 0 Å². The lowest BCUT2D eigenvalue weighted by molar-refractivity contribution is -0.0356. The molecule has 2 atom stereocenters. The van der Waals surface area contributed by atoms with Crippen LogP contribution in [0.1, 0.15) is 30.6 Å². The molecular weight excluding hydrogens is 246 g/mol. The van der Waals surface area contributed by atoms with Crippen LogP contribution in [-0.2, 0) is 16.1 Å². The average Bonchev–Trinajstić information content (AvgIpc) is 2.73. The fourth-order valence-electron chi connectivity index (χ4n) is 2.02. The quantitative estimate of drug-likeness (QED) is 0.834. The minimum atomic E-state index is 0.319. The monoisotopic (exact) mass is 261 g/mol. The molecule has 1 saturated carbocycles. The van der Waals surface area contributed by atoms with Crippen molar-refractivity contribution < 1.29 is 9.47 Å². The van der Waals surface area contributed by atoms with E-state index in [2.05, 4.69) is 4.98 Å². The van der Waals surface area contributed by atoms with Gasteiger partial charge in [0.25, 0.3) is 0 Å². The van der Waals surface area contributed by atoms with E-state index in [4.69, 9.17) is 21.1 Å². The van der Waals surface area contributed by atoms with Gasteiger partial charge in [-0.15, -0.1) is 11.3 Å². The van der Waals surface area contributed by atoms with Gasteiger partial charge in [0, 0.05) is 13.3 Å². The Bertz CT molecular complexity index is 332. The van der Waals surface area contributed by atoms with Crippen molar-refractivity contribution in [2.24, 2.45) is 0 Å². The third-order valence-electron chi connectivity index (χ3n) is 2.90. The molecule has 90 valence electrons. The summed E-state index contributed by atoms with van der Waals surface area (Å²) in [7, 11) is 1.77. The number of thiazole rings is 1. The van der Waals surface area contributed by atoms with E-state index >= 15 is 0 Å². The predicted molar refractivity (Wildman–Crippen MR) is 65.0 cm³/mol. The van der Waals surface area contributed by atoms with Gasteiger partial charge in [-0.05, 0) is 25.7 Å². The van der Waals surface area contributed by atoms with Crippen molar-refractivity contribution in [1.29, 1.82) is 0 Å². The maximum atomic E-state index is 5.85. The zero-order valence-electron chi connectivity index (χ0n) is 9.32. The van der Waals surface area contributed by atoms with Crippen LogP contribution in [0.4, 0.5) is 0 Å². The Hall–Kier alpha value is -0.160. The van der Waals surface area contributed by atoms with Crippen LogP contribution >= 0.6 is 22.9 Å². The van der Waals surface area contributed by atoms with Crippen molar-refractivity contribution in [2.75, 3.05) is 7.11 Å². The van der Waals surface area contributed by atoms with Crippen molar-refractivity contribution in [3.8, 4) is 0 Å². The Balaban J connectivity index is 1.77. The van der Waals surface area contributed by atoms with Gasteiger partial charge < -0.3 is 9.47 Å². The summed E-state index contributed by atoms with van der Waals surface area (Å²) in [6, 6.07) is 0. The Morgan fingerprint density at radius 2 is 2.31 bits per heavy atom. The molecule has 0 aliphatic heterocycles. The normalized spacial score (nSPS) is 25.9. The highest BCUT2D eigenvalue weighted by atomic mass is 35.5. The van der Waals surface area contributed by atoms with Gasteiger partial charge >= 0.3 is 0 Å². The van der Waals surface area contributed by atoms with E-state index in [1.807, 2.05) is 0 Å². The summed E-state index contributed by atoms with van der Waals surface area (Å²) in [5.41, 5.74) is 0. The second-order valence-electron chi connectivity index (χ2n) is 4.04. The van der Waals surface area contributed by atoms with Crippen molar-refractivity contribution in [3.63, 3.8) is 0 Å². The van der Waals surface area contributed by atoms with Crippen molar-refractivity contribution in [3.05, 3.63) is 15.5 Å². The molecule has 0 bridgehead atoms. The first kappa shape index (κ1) is 12.3. The summed E-state index contributed by atoms with van der Waals surface area (Å²) in [5, 5.41) is 0. The second kappa shape index (κ2) is 5.96. The topological polar surface area (TPSA) is 31.4 Å². The highest BCUT2D eigenvalue weighted by Crippen LogP contribution is 2.25. The Labute approximate surface area is 105 Å². The molecule has 5 heteroatoms. The number of hydrogen-bond acceptors (Lipinski definition) is 4. The number of ether oxygens (including phenoxy) is 2. The highest BCUT2D eigenvalue weighted by Gasteiger charge is 2.22. The second-order valence-corrected chi connectivity index (χ2v) is 5.73. The molecular formula is C11H16ClNO2S. The Morgan fingerprint density at radius 3 is 3.00 bits per heavy atom. The van der Waals surface area contributed by atoms with E-state index < -0.39 is 0 Å². The first-order chi connectivity index (χ1) is 7.78. The fraction of sp³-hybridized carbons (Fsp3) is 0.727. The van der Waals surface area contributed by atoms with Crippen LogP contribution in [0.3, 0.4) is 0 Å². The molecule has 0 amide bonds. The summed E-state index contributed by atoms with van der Waals surface area (Å²) in [4.78, 5) is 5.08. The van der Waals surface area contributed by atoms with Gasteiger partial charge in [-0.3, -0.25) is 0 Å². The molecule has 0 radical (unpaired) electrons. The van der Waals surface area contributed by atoms with E-state index in [9.17, 15) is 0 Å². The van der Waals surface area contributed by atoms with E-state index in [1.165, 1.54) is 17.8 Å². The fourth-order valence-corrected chi connectivity index (χ4v) is 2.92. The first-order valence-electron chi connectivity index (χ1n) is 5.52. The number of halogens is 1. The molecule has 1 heterocycles. The van der Waals surface area contributed by atoms with Crippen LogP contribution in [0.25, 0.3) is 0 Å². The third-order valence-corrected chi connectivity index (χ3v) is 3.99. The lowest BCUT2D eigenvalue weighted by Gasteiger charge is -2.27. The van der Waals surface area contributed by atoms with Crippen molar-refractivity contribution >= 4 is 22.9 Å². The zero-order valence-corrected chi connectivity index (χ0v) is 10.9. The Kier molecular flexibility index (Phi) is 4.58. The maximum absolute atomic E-state index is 5.85. The molecule has 0 spiro atoms. The molecule has 3 nitrogen and oxygen atoms in total. The number of rotatable bonds is 4. The molecule has 1 aromatic heterocycles. The van der Waals surface area contributed by atoms with Crippen LogP contribution in [-0.4, -0.2) is 24.3 Å². The first-order valence-corrected chi connectivity index (χ1v) is 6.72. The summed E-state index contributed by atoms with van der Waals surface area (Å²) >= 11 is 7.24. The van der Waals surface area contributed by atoms with Gasteiger partial charge in [0.15, 0.2) is 4.47 Å². The minimum Gasteiger partial charge on any atom is -0.381 e. The number of aromatic nitrogens is 1. The van der Waals surface area contributed by atoms with Gasteiger partial charge in [-0.25, -0.2) is 4.98 Å². The Morgan fingerprint density at radius 1 is 1.50 bits per heavy atom. The summed E-state index contributed by atoms with van der Waals surface area (Å²) in [5.74, 6) is 0. The maximum Gasteiger partial charge on any atom is 0.183 e. The summed E-state index contributed by atoms with van der Waals surface area (Å²) in [6.45, 7) is 0.617. The van der Waals surface area contributed by atoms with Crippen LogP contribution in [0.5, 0.6) is 0 Å². The SMILES string of the molecule is COC1CCCC(OCc2cnc(Cl)s2)C1. The predicted octanol–water partition coefficient (Wildman–Crippen LogP) is 3.27. The summed E-state index contributed by atoms with van der Waals surface area (Å²) < 4.78 is 11.8. The molecule has 1 aromatic rings. The van der Waals surface area contributed by atoms with Crippen LogP contribution in [0.15, 0.2) is 6.20 Å². The molecule has 0 N–H and O–H groups in total. The smallest absolute Gasteiger partial charge is 0.183 e. The van der Waals surface area contributed by atoms with E-state index in [0.29, 0.717) is 23.3 Å². The molecule has 16 heavy (non-hydrogen) atoms. The lowest BCUT2D eigenvalue weighted by Crippen LogP contribution is -2.27. The third kappa shape index (κ3) is 3.42. The van der Waals surface area contributed by atoms with Gasteiger partial charge in [0.05, 0.1) is 23.7 Å². The van der Waals surface area contributed by atoms with Gasteiger partial charge in [0.2, 0.25) is 0 Å². The standard InChI is InChI=1S/C11H16ClNO2S/c1-14-8-3-2-4-9(5-8)15-7-10-6-13-11(12)16-10/h6,8-9H,2-5,7H2,1H3. The molecule has 0 saturated heterocycles. The summed E-state index contributed by atoms with van der Waals surface area (Å²) in [6.07, 6.45) is 6.94. The van der Waals surface area contributed by atoms with Crippen molar-refractivity contribution in [1.82, 2.24) is 4.98 Å². The molecule has 1 aliphatic rings. The molecule has 1 fully saturated rings. The van der Waals surface area contributed by atoms with E-state index in [0.717, 1.165) is 24.1 Å². The average molecular weight is 262 g/mol. The van der Waals surface area contributed by atoms with Crippen LogP contribution in [0.2, 0.25) is 4.47 Å². The molecule has 2 rings (SSSR count). The van der Waals surface area contributed by atoms with Gasteiger partial charge in [0.1, 0.15) is 0 Å². The van der Waals surface area contributed by atoms with Crippen LogP contribution in [0, 0.1) is 0 Å². The number of nitrogens with zero attached hydrogens (tertiary/aromatic N) is 1. The van der Waals surface area contributed by atoms with E-state index in [1.54, 1.807) is 13.3 Å². The van der Waals surface area contributed by atoms with Crippen LogP contribution < -0.4 is 0 Å². The number of methoxy groups -OCH3 is 1. The zero-order chi connectivity index (χ0) is 11.4.